The van der Waals surface area contributed by atoms with Gasteiger partial charge in [-0.05, 0) is 31.0 Å². The third-order valence-electron chi connectivity index (χ3n) is 2.91. The minimum Gasteiger partial charge on any atom is -0.271 e. The summed E-state index contributed by atoms with van der Waals surface area (Å²) in [4.78, 5) is 0. The molecule has 102 valence electrons. The normalized spacial score (nSPS) is 15.4. The molecule has 0 saturated heterocycles. The van der Waals surface area contributed by atoms with Gasteiger partial charge in [-0.3, -0.25) is 11.3 Å². The first-order valence-corrected chi connectivity index (χ1v) is 7.68. The lowest BCUT2D eigenvalue weighted by Crippen LogP contribution is -2.47. The highest BCUT2D eigenvalue weighted by Crippen LogP contribution is 2.18. The molecule has 0 radical (unpaired) electrons. The summed E-state index contributed by atoms with van der Waals surface area (Å²) in [5, 5.41) is -0.415. The number of hydrazine groups is 1. The van der Waals surface area contributed by atoms with Crippen molar-refractivity contribution in [2.75, 3.05) is 6.26 Å². The lowest BCUT2D eigenvalue weighted by atomic mass is 10.0. The van der Waals surface area contributed by atoms with E-state index in [4.69, 9.17) is 17.4 Å². The van der Waals surface area contributed by atoms with Crippen molar-refractivity contribution in [3.8, 4) is 0 Å². The first-order valence-electron chi connectivity index (χ1n) is 5.34. The molecule has 0 fully saturated rings. The molecule has 0 heterocycles. The van der Waals surface area contributed by atoms with E-state index in [-0.39, 0.29) is 6.42 Å². The number of benzene rings is 1. The molecule has 0 aliphatic heterocycles. The van der Waals surface area contributed by atoms with E-state index < -0.39 is 26.9 Å². The van der Waals surface area contributed by atoms with Crippen LogP contribution in [0, 0.1) is 5.82 Å². The van der Waals surface area contributed by atoms with Crippen molar-refractivity contribution in [1.82, 2.24) is 5.43 Å². The van der Waals surface area contributed by atoms with Crippen LogP contribution in [-0.4, -0.2) is 26.0 Å². The van der Waals surface area contributed by atoms with E-state index in [0.717, 1.165) is 6.26 Å². The molecular weight excluding hydrogens is 279 g/mol. The Balaban J connectivity index is 2.93. The van der Waals surface area contributed by atoms with Crippen LogP contribution in [0.2, 0.25) is 5.02 Å². The Morgan fingerprint density at radius 1 is 1.50 bits per heavy atom. The highest BCUT2D eigenvalue weighted by molar-refractivity contribution is 7.91. The number of sulfone groups is 1. The molecule has 0 bridgehead atoms. The highest BCUT2D eigenvalue weighted by Gasteiger charge is 2.26. The van der Waals surface area contributed by atoms with Crippen LogP contribution in [-0.2, 0) is 16.3 Å². The third kappa shape index (κ3) is 3.91. The summed E-state index contributed by atoms with van der Waals surface area (Å²) in [5.74, 6) is 4.87. The molecule has 0 spiro atoms. The average Bonchev–Trinajstić information content (AvgIpc) is 2.26. The Kier molecular flexibility index (Phi) is 5.10. The molecule has 2 unspecified atom stereocenters. The number of hydrogen-bond acceptors (Lipinski definition) is 4. The predicted octanol–water partition coefficient (Wildman–Crippen LogP) is 1.29. The lowest BCUT2D eigenvalue weighted by molar-refractivity contribution is 0.484. The zero-order valence-electron chi connectivity index (χ0n) is 10.2. The average molecular weight is 295 g/mol. The second kappa shape index (κ2) is 5.97. The molecule has 3 N–H and O–H groups in total. The third-order valence-corrected chi connectivity index (χ3v) is 4.83. The van der Waals surface area contributed by atoms with E-state index in [1.54, 1.807) is 6.07 Å². The second-order valence-corrected chi connectivity index (χ2v) is 7.09. The molecular formula is C11H16ClFN2O2S. The minimum absolute atomic E-state index is 0.174. The van der Waals surface area contributed by atoms with Crippen molar-refractivity contribution in [1.29, 1.82) is 0 Å². The number of rotatable bonds is 5. The predicted molar refractivity (Wildman–Crippen MR) is 70.5 cm³/mol. The smallest absolute Gasteiger partial charge is 0.151 e. The van der Waals surface area contributed by atoms with Gasteiger partial charge in [0, 0.05) is 17.3 Å². The van der Waals surface area contributed by atoms with Gasteiger partial charge in [-0.1, -0.05) is 17.7 Å². The van der Waals surface area contributed by atoms with Gasteiger partial charge in [0.1, 0.15) is 5.82 Å². The molecule has 1 rings (SSSR count). The molecule has 4 nitrogen and oxygen atoms in total. The van der Waals surface area contributed by atoms with Crippen LogP contribution in [0.4, 0.5) is 4.39 Å². The number of halogens is 2. The van der Waals surface area contributed by atoms with Crippen molar-refractivity contribution < 1.29 is 12.8 Å². The fraction of sp³-hybridized carbons (Fsp3) is 0.455. The molecule has 0 aliphatic carbocycles. The quantitative estimate of drug-likeness (QED) is 0.634. The zero-order valence-corrected chi connectivity index (χ0v) is 11.7. The van der Waals surface area contributed by atoms with Gasteiger partial charge in [0.05, 0.1) is 5.25 Å². The minimum atomic E-state index is -3.25. The Morgan fingerprint density at radius 2 is 2.11 bits per heavy atom. The molecule has 0 amide bonds. The first-order chi connectivity index (χ1) is 8.25. The van der Waals surface area contributed by atoms with Crippen LogP contribution in [0.5, 0.6) is 0 Å². The molecule has 7 heteroatoms. The zero-order chi connectivity index (χ0) is 13.9. The topological polar surface area (TPSA) is 72.2 Å². The van der Waals surface area contributed by atoms with E-state index in [2.05, 4.69) is 5.43 Å². The van der Waals surface area contributed by atoms with Gasteiger partial charge in [-0.15, -0.1) is 0 Å². The van der Waals surface area contributed by atoms with Crippen LogP contribution >= 0.6 is 11.6 Å². The van der Waals surface area contributed by atoms with Gasteiger partial charge < -0.3 is 0 Å². The summed E-state index contributed by atoms with van der Waals surface area (Å²) in [5.41, 5.74) is 2.79. The molecule has 1 aromatic carbocycles. The summed E-state index contributed by atoms with van der Waals surface area (Å²) < 4.78 is 36.5. The summed E-state index contributed by atoms with van der Waals surface area (Å²) in [6.45, 7) is 1.54. The van der Waals surface area contributed by atoms with Crippen LogP contribution in [0.3, 0.4) is 0 Å². The van der Waals surface area contributed by atoms with Crippen molar-refractivity contribution in [3.05, 3.63) is 34.6 Å². The van der Waals surface area contributed by atoms with E-state index in [0.29, 0.717) is 10.6 Å². The van der Waals surface area contributed by atoms with E-state index in [1.807, 2.05) is 0 Å². The van der Waals surface area contributed by atoms with Crippen molar-refractivity contribution in [2.24, 2.45) is 5.84 Å². The molecule has 2 atom stereocenters. The fourth-order valence-electron chi connectivity index (χ4n) is 1.58. The fourth-order valence-corrected chi connectivity index (χ4v) is 2.51. The van der Waals surface area contributed by atoms with E-state index >= 15 is 0 Å². The van der Waals surface area contributed by atoms with E-state index in [9.17, 15) is 12.8 Å². The number of nitrogens with two attached hydrogens (primary N) is 1. The molecule has 0 saturated carbocycles. The summed E-state index contributed by atoms with van der Waals surface area (Å²) >= 11 is 5.65. The maximum absolute atomic E-state index is 13.6. The van der Waals surface area contributed by atoms with Gasteiger partial charge in [0.15, 0.2) is 9.84 Å². The largest absolute Gasteiger partial charge is 0.271 e. The standard InChI is InChI=1S/C11H16ClFN2O2S/c1-7(18(2,16)17)11(15-14)5-8-3-4-9(12)6-10(8)13/h3-4,6-7,11,15H,5,14H2,1-2H3. The number of nitrogens with one attached hydrogen (secondary N) is 1. The summed E-state index contributed by atoms with van der Waals surface area (Å²) in [6.07, 6.45) is 1.30. The van der Waals surface area contributed by atoms with Gasteiger partial charge in [-0.25, -0.2) is 12.8 Å². The highest BCUT2D eigenvalue weighted by atomic mass is 35.5. The molecule has 1 aromatic rings. The number of hydrogen-bond donors (Lipinski definition) is 2. The van der Waals surface area contributed by atoms with Crippen LogP contribution in [0.15, 0.2) is 18.2 Å². The Hall–Kier alpha value is -0.690. The Morgan fingerprint density at radius 3 is 2.56 bits per heavy atom. The molecule has 18 heavy (non-hydrogen) atoms. The first kappa shape index (κ1) is 15.4. The maximum atomic E-state index is 13.6. The summed E-state index contributed by atoms with van der Waals surface area (Å²) in [6, 6.07) is 3.71. The maximum Gasteiger partial charge on any atom is 0.151 e. The van der Waals surface area contributed by atoms with Crippen molar-refractivity contribution in [3.63, 3.8) is 0 Å². The lowest BCUT2D eigenvalue weighted by Gasteiger charge is -2.22. The Labute approximate surface area is 111 Å². The van der Waals surface area contributed by atoms with Crippen LogP contribution in [0.25, 0.3) is 0 Å². The molecule has 0 aromatic heterocycles. The van der Waals surface area contributed by atoms with Crippen molar-refractivity contribution in [2.45, 2.75) is 24.6 Å². The SMILES string of the molecule is CC(C(Cc1ccc(Cl)cc1F)NN)S(C)(=O)=O. The van der Waals surface area contributed by atoms with Gasteiger partial charge >= 0.3 is 0 Å². The van der Waals surface area contributed by atoms with Gasteiger partial charge in [-0.2, -0.15) is 0 Å². The van der Waals surface area contributed by atoms with Gasteiger partial charge in [0.2, 0.25) is 0 Å². The van der Waals surface area contributed by atoms with Gasteiger partial charge in [0.25, 0.3) is 0 Å². The van der Waals surface area contributed by atoms with Crippen LogP contribution in [0.1, 0.15) is 12.5 Å². The molecule has 0 aliphatic rings. The Bertz CT molecular complexity index is 522. The van der Waals surface area contributed by atoms with E-state index in [1.165, 1.54) is 19.1 Å². The van der Waals surface area contributed by atoms with Crippen molar-refractivity contribution >= 4 is 21.4 Å². The second-order valence-electron chi connectivity index (χ2n) is 4.25. The van der Waals surface area contributed by atoms with Crippen LogP contribution < -0.4 is 11.3 Å². The summed E-state index contributed by atoms with van der Waals surface area (Å²) in [7, 11) is -3.25. The monoisotopic (exact) mass is 294 g/mol.